The number of fused-ring (bicyclic) bond motifs is 2. The fraction of sp³-hybridized carbons (Fsp3) is 0.345. The van der Waals surface area contributed by atoms with Gasteiger partial charge in [0.2, 0.25) is 11.8 Å². The zero-order valence-corrected chi connectivity index (χ0v) is 25.3. The highest BCUT2D eigenvalue weighted by atomic mass is 79.9. The van der Waals surface area contributed by atoms with Crippen LogP contribution in [0, 0.1) is 26.2 Å². The number of rotatable bonds is 7. The van der Waals surface area contributed by atoms with Gasteiger partial charge in [0.05, 0.1) is 28.4 Å². The summed E-state index contributed by atoms with van der Waals surface area (Å²) in [6.07, 6.45) is 3.53. The molecule has 2 amide bonds. The van der Waals surface area contributed by atoms with Crippen LogP contribution in [0.2, 0.25) is 0 Å². The van der Waals surface area contributed by atoms with Crippen molar-refractivity contribution in [3.8, 4) is 11.3 Å². The van der Waals surface area contributed by atoms with Gasteiger partial charge in [-0.1, -0.05) is 6.07 Å². The largest absolute Gasteiger partial charge is 0.481 e. The van der Waals surface area contributed by atoms with Crippen LogP contribution in [0.4, 0.5) is 5.82 Å². The Kier molecular flexibility index (Phi) is 6.83. The summed E-state index contributed by atoms with van der Waals surface area (Å²) in [7, 11) is 0. The minimum absolute atomic E-state index is 0.0151. The molecule has 1 aliphatic heterocycles. The van der Waals surface area contributed by atoms with Crippen molar-refractivity contribution in [1.82, 2.24) is 34.6 Å². The third-order valence-electron chi connectivity index (χ3n) is 8.18. The van der Waals surface area contributed by atoms with Crippen LogP contribution in [0.1, 0.15) is 47.3 Å². The van der Waals surface area contributed by atoms with E-state index in [-0.39, 0.29) is 30.9 Å². The van der Waals surface area contributed by atoms with E-state index in [0.29, 0.717) is 49.7 Å². The Morgan fingerprint density at radius 2 is 1.81 bits per heavy atom. The number of carboxylic acid groups (broad SMARTS) is 1. The predicted molar refractivity (Wildman–Crippen MR) is 157 cm³/mol. The van der Waals surface area contributed by atoms with Crippen molar-refractivity contribution in [2.45, 2.75) is 59.2 Å². The number of nitrogens with one attached hydrogen (secondary N) is 1. The SMILES string of the molecule is CC(=O)c1nn(CC(=O)N2[C@H](C(=O)Nc3nc(Br)ccc3C)C[C@@]3(C(=O)O)C[C@@H]23)c2c(C)nc(-c3cnc(C)nc3)cc12. The van der Waals surface area contributed by atoms with E-state index in [4.69, 9.17) is 0 Å². The van der Waals surface area contributed by atoms with Gasteiger partial charge in [-0.05, 0) is 67.2 Å². The number of piperidine rings is 1. The molecule has 14 heteroatoms. The Bertz CT molecular complexity index is 1860. The zero-order valence-electron chi connectivity index (χ0n) is 23.8. The summed E-state index contributed by atoms with van der Waals surface area (Å²) in [5, 5.41) is 17.7. The van der Waals surface area contributed by atoms with Crippen LogP contribution >= 0.6 is 15.9 Å². The number of pyridine rings is 2. The number of nitrogens with zero attached hydrogens (tertiary/aromatic N) is 7. The number of hydrogen-bond acceptors (Lipinski definition) is 9. The van der Waals surface area contributed by atoms with Crippen molar-refractivity contribution in [2.24, 2.45) is 5.41 Å². The molecule has 2 fully saturated rings. The molecule has 1 aliphatic carbocycles. The molecule has 220 valence electrons. The molecular weight excluding hydrogens is 620 g/mol. The maximum absolute atomic E-state index is 13.9. The molecule has 43 heavy (non-hydrogen) atoms. The molecule has 4 aromatic heterocycles. The summed E-state index contributed by atoms with van der Waals surface area (Å²) in [5.41, 5.74) is 1.93. The minimum atomic E-state index is -1.18. The van der Waals surface area contributed by atoms with Gasteiger partial charge in [-0.2, -0.15) is 5.10 Å². The van der Waals surface area contributed by atoms with Gasteiger partial charge in [0.25, 0.3) is 0 Å². The van der Waals surface area contributed by atoms with Gasteiger partial charge in [0.1, 0.15) is 34.5 Å². The van der Waals surface area contributed by atoms with Gasteiger partial charge in [-0.15, -0.1) is 0 Å². The molecule has 4 aromatic rings. The number of aromatic nitrogens is 6. The highest BCUT2D eigenvalue weighted by molar-refractivity contribution is 9.10. The first-order valence-corrected chi connectivity index (χ1v) is 14.4. The van der Waals surface area contributed by atoms with Gasteiger partial charge in [-0.25, -0.2) is 15.0 Å². The number of aryl methyl sites for hydroxylation is 3. The predicted octanol–water partition coefficient (Wildman–Crippen LogP) is 3.26. The third-order valence-corrected chi connectivity index (χ3v) is 8.62. The fourth-order valence-corrected chi connectivity index (χ4v) is 6.21. The summed E-state index contributed by atoms with van der Waals surface area (Å²) < 4.78 is 1.93. The molecule has 2 aliphatic rings. The Hall–Kier alpha value is -4.59. The Morgan fingerprint density at radius 1 is 1.09 bits per heavy atom. The number of carbonyl (C=O) groups is 4. The molecule has 0 bridgehead atoms. The lowest BCUT2D eigenvalue weighted by atomic mass is 9.99. The molecule has 13 nitrogen and oxygen atoms in total. The fourth-order valence-electron chi connectivity index (χ4n) is 5.90. The van der Waals surface area contributed by atoms with Crippen molar-refractivity contribution in [3.63, 3.8) is 0 Å². The van der Waals surface area contributed by atoms with E-state index in [9.17, 15) is 24.3 Å². The van der Waals surface area contributed by atoms with E-state index in [1.165, 1.54) is 16.5 Å². The number of anilines is 1. The highest BCUT2D eigenvalue weighted by Gasteiger charge is 2.71. The van der Waals surface area contributed by atoms with Crippen LogP contribution in [0.5, 0.6) is 0 Å². The lowest BCUT2D eigenvalue weighted by molar-refractivity contribution is -0.143. The summed E-state index contributed by atoms with van der Waals surface area (Å²) >= 11 is 3.29. The van der Waals surface area contributed by atoms with Crippen molar-refractivity contribution in [3.05, 3.63) is 58.0 Å². The van der Waals surface area contributed by atoms with Gasteiger partial charge in [0, 0.05) is 30.3 Å². The van der Waals surface area contributed by atoms with E-state index in [1.807, 2.05) is 0 Å². The first kappa shape index (κ1) is 28.5. The second-order valence-corrected chi connectivity index (χ2v) is 11.9. The quantitative estimate of drug-likeness (QED) is 0.224. The number of aliphatic carboxylic acids is 1. The summed E-state index contributed by atoms with van der Waals surface area (Å²) in [5.74, 6) is -1.42. The van der Waals surface area contributed by atoms with Gasteiger partial charge < -0.3 is 15.3 Å². The van der Waals surface area contributed by atoms with Gasteiger partial charge in [-0.3, -0.25) is 28.8 Å². The molecular formula is C29H27BrN8O5. The average molecular weight is 647 g/mol. The number of ketones is 1. The van der Waals surface area contributed by atoms with Crippen LogP contribution in [0.15, 0.2) is 35.2 Å². The van der Waals surface area contributed by atoms with Crippen molar-refractivity contribution < 1.29 is 24.3 Å². The first-order valence-electron chi connectivity index (χ1n) is 13.6. The number of carbonyl (C=O) groups excluding carboxylic acids is 3. The summed E-state index contributed by atoms with van der Waals surface area (Å²) in [6.45, 7) is 6.39. The van der Waals surface area contributed by atoms with E-state index >= 15 is 0 Å². The van der Waals surface area contributed by atoms with Crippen LogP contribution in [-0.2, 0) is 20.9 Å². The molecule has 0 aromatic carbocycles. The zero-order chi connectivity index (χ0) is 30.8. The van der Waals surface area contributed by atoms with E-state index in [0.717, 1.165) is 0 Å². The Balaban J connectivity index is 1.34. The number of halogens is 1. The normalized spacial score (nSPS) is 20.6. The molecule has 1 saturated carbocycles. The first-order chi connectivity index (χ1) is 20.4. The second kappa shape index (κ2) is 10.3. The lowest BCUT2D eigenvalue weighted by Gasteiger charge is -2.27. The molecule has 3 atom stereocenters. The van der Waals surface area contributed by atoms with Crippen LogP contribution in [-0.4, -0.2) is 75.4 Å². The van der Waals surface area contributed by atoms with Crippen molar-refractivity contribution >= 4 is 56.2 Å². The summed E-state index contributed by atoms with van der Waals surface area (Å²) in [4.78, 5) is 71.0. The third kappa shape index (κ3) is 4.84. The standard InChI is InChI=1S/C29H27BrN8O5/c1-13-5-6-22(30)34-26(13)35-27(41)20-8-29(28(42)43)9-21(29)38(20)23(40)12-37-25-14(2)33-19(17-10-31-16(4)32-11-17)7-18(25)24(36-37)15(3)39/h5-7,10-11,20-21H,8-9,12H2,1-4H3,(H,42,43)(H,34,35,41)/t20-,21+,29+/m0/s1. The van der Waals surface area contributed by atoms with E-state index < -0.39 is 35.3 Å². The molecule has 2 N–H and O–H groups in total. The molecule has 0 spiro atoms. The van der Waals surface area contributed by atoms with Gasteiger partial charge >= 0.3 is 5.97 Å². The van der Waals surface area contributed by atoms with Crippen LogP contribution in [0.3, 0.4) is 0 Å². The summed E-state index contributed by atoms with van der Waals surface area (Å²) in [6, 6.07) is 3.58. The Labute approximate surface area is 253 Å². The van der Waals surface area contributed by atoms with E-state index in [2.05, 4.69) is 46.3 Å². The number of Topliss-reactive ketones (excluding diaryl/α,β-unsaturated/α-hetero) is 1. The van der Waals surface area contributed by atoms with Crippen LogP contribution in [0.25, 0.3) is 22.2 Å². The topological polar surface area (TPSA) is 173 Å². The second-order valence-electron chi connectivity index (χ2n) is 11.1. The lowest BCUT2D eigenvalue weighted by Crippen LogP contribution is -2.47. The number of carboxylic acids is 1. The molecule has 6 rings (SSSR count). The molecule has 5 heterocycles. The van der Waals surface area contributed by atoms with Crippen molar-refractivity contribution in [2.75, 3.05) is 5.32 Å². The van der Waals surface area contributed by atoms with Crippen molar-refractivity contribution in [1.29, 1.82) is 0 Å². The molecule has 0 unspecified atom stereocenters. The number of hydrogen-bond donors (Lipinski definition) is 2. The monoisotopic (exact) mass is 646 g/mol. The van der Waals surface area contributed by atoms with Gasteiger partial charge in [0.15, 0.2) is 5.78 Å². The number of likely N-dealkylation sites (tertiary alicyclic amines) is 1. The molecule has 0 radical (unpaired) electrons. The highest BCUT2D eigenvalue weighted by Crippen LogP contribution is 2.60. The molecule has 1 saturated heterocycles. The number of amides is 2. The van der Waals surface area contributed by atoms with E-state index in [1.54, 1.807) is 51.4 Å². The smallest absolute Gasteiger partial charge is 0.311 e. The Morgan fingerprint density at radius 3 is 2.49 bits per heavy atom. The maximum Gasteiger partial charge on any atom is 0.311 e. The maximum atomic E-state index is 13.9. The van der Waals surface area contributed by atoms with Crippen LogP contribution < -0.4 is 5.32 Å². The minimum Gasteiger partial charge on any atom is -0.481 e. The average Bonchev–Trinajstić information content (AvgIpc) is 3.39.